The molecule has 3 aromatic rings. The summed E-state index contributed by atoms with van der Waals surface area (Å²) < 4.78 is 15.9. The first kappa shape index (κ1) is 19.8. The summed E-state index contributed by atoms with van der Waals surface area (Å²) in [6.45, 7) is -0.226. The summed E-state index contributed by atoms with van der Waals surface area (Å²) in [5.41, 5.74) is 1.35. The molecule has 6 nitrogen and oxygen atoms in total. The highest BCUT2D eigenvalue weighted by atomic mass is 32.2. The molecule has 30 heavy (non-hydrogen) atoms. The Morgan fingerprint density at radius 2 is 1.63 bits per heavy atom. The zero-order valence-corrected chi connectivity index (χ0v) is 16.8. The van der Waals surface area contributed by atoms with Gasteiger partial charge in [-0.15, -0.1) is 11.8 Å². The lowest BCUT2D eigenvalue weighted by atomic mass is 10.1. The van der Waals surface area contributed by atoms with E-state index in [1.807, 2.05) is 60.7 Å². The van der Waals surface area contributed by atoms with Crippen LogP contribution in [0, 0.1) is 0 Å². The summed E-state index contributed by atoms with van der Waals surface area (Å²) in [5, 5.41) is 2.12. The van der Waals surface area contributed by atoms with Gasteiger partial charge < -0.3 is 19.5 Å². The van der Waals surface area contributed by atoms with E-state index in [9.17, 15) is 9.59 Å². The van der Waals surface area contributed by atoms with Crippen LogP contribution in [0.2, 0.25) is 0 Å². The van der Waals surface area contributed by atoms with Crippen molar-refractivity contribution in [3.05, 3.63) is 84.4 Å². The fourth-order valence-corrected chi connectivity index (χ4v) is 3.94. The number of nitrogens with one attached hydrogen (secondary N) is 1. The largest absolute Gasteiger partial charge is 0.454 e. The van der Waals surface area contributed by atoms with E-state index in [0.29, 0.717) is 17.2 Å². The van der Waals surface area contributed by atoms with Crippen LogP contribution in [-0.2, 0) is 14.3 Å². The van der Waals surface area contributed by atoms with Gasteiger partial charge in [-0.25, -0.2) is 0 Å². The molecular weight excluding hydrogens is 402 g/mol. The average Bonchev–Trinajstić information content (AvgIpc) is 3.25. The number of hydrogen-bond acceptors (Lipinski definition) is 6. The molecule has 0 bridgehead atoms. The molecule has 1 aliphatic heterocycles. The Kier molecular flexibility index (Phi) is 6.20. The van der Waals surface area contributed by atoms with Gasteiger partial charge in [-0.3, -0.25) is 9.59 Å². The van der Waals surface area contributed by atoms with E-state index >= 15 is 0 Å². The van der Waals surface area contributed by atoms with Gasteiger partial charge in [-0.1, -0.05) is 48.5 Å². The lowest BCUT2D eigenvalue weighted by Gasteiger charge is -2.16. The number of thioether (sulfide) groups is 1. The quantitative estimate of drug-likeness (QED) is 0.449. The smallest absolute Gasteiger partial charge is 0.324 e. The van der Waals surface area contributed by atoms with Gasteiger partial charge in [-0.05, 0) is 29.8 Å². The standard InChI is InChI=1S/C23H19NO5S/c25-21(24-17-11-12-19-20(13-17)29-15-28-19)14-27-23(26)22(16-7-3-1-4-8-16)30-18-9-5-2-6-10-18/h1-13,22H,14-15H2,(H,24,25)/t22-/m0/s1. The Hall–Kier alpha value is -3.45. The minimum atomic E-state index is -0.577. The van der Waals surface area contributed by atoms with Crippen molar-refractivity contribution in [2.75, 3.05) is 18.7 Å². The van der Waals surface area contributed by atoms with Crippen molar-refractivity contribution in [2.45, 2.75) is 10.1 Å². The maximum Gasteiger partial charge on any atom is 0.324 e. The zero-order chi connectivity index (χ0) is 20.8. The van der Waals surface area contributed by atoms with Gasteiger partial charge >= 0.3 is 5.97 Å². The second kappa shape index (κ2) is 9.37. The maximum absolute atomic E-state index is 12.8. The van der Waals surface area contributed by atoms with Gasteiger partial charge in [0, 0.05) is 16.6 Å². The molecule has 0 aromatic heterocycles. The van der Waals surface area contributed by atoms with E-state index in [2.05, 4.69) is 5.32 Å². The van der Waals surface area contributed by atoms with Crippen molar-refractivity contribution < 1.29 is 23.8 Å². The number of esters is 1. The van der Waals surface area contributed by atoms with E-state index in [1.54, 1.807) is 18.2 Å². The van der Waals surface area contributed by atoms with E-state index in [4.69, 9.17) is 14.2 Å². The molecule has 1 aliphatic rings. The molecule has 0 radical (unpaired) electrons. The van der Waals surface area contributed by atoms with Gasteiger partial charge in [0.15, 0.2) is 18.1 Å². The van der Waals surface area contributed by atoms with Gasteiger partial charge in [0.2, 0.25) is 6.79 Å². The highest BCUT2D eigenvalue weighted by Gasteiger charge is 2.24. The van der Waals surface area contributed by atoms with Gasteiger partial charge in [-0.2, -0.15) is 0 Å². The minimum absolute atomic E-state index is 0.157. The van der Waals surface area contributed by atoms with E-state index in [-0.39, 0.29) is 13.4 Å². The van der Waals surface area contributed by atoms with Crippen LogP contribution in [-0.4, -0.2) is 25.3 Å². The third kappa shape index (κ3) is 4.93. The van der Waals surface area contributed by atoms with Crippen molar-refractivity contribution in [3.8, 4) is 11.5 Å². The summed E-state index contributed by atoms with van der Waals surface area (Å²) in [6, 6.07) is 24.0. The zero-order valence-electron chi connectivity index (χ0n) is 15.9. The summed E-state index contributed by atoms with van der Waals surface area (Å²) in [7, 11) is 0. The van der Waals surface area contributed by atoms with Crippen molar-refractivity contribution in [1.29, 1.82) is 0 Å². The number of hydrogen-bond donors (Lipinski definition) is 1. The number of rotatable bonds is 7. The number of benzene rings is 3. The molecule has 0 fully saturated rings. The van der Waals surface area contributed by atoms with Crippen LogP contribution in [0.25, 0.3) is 0 Å². The highest BCUT2D eigenvalue weighted by Crippen LogP contribution is 2.36. The molecule has 1 atom stereocenters. The van der Waals surface area contributed by atoms with Crippen LogP contribution < -0.4 is 14.8 Å². The summed E-state index contributed by atoms with van der Waals surface area (Å²) in [4.78, 5) is 26.0. The molecule has 1 N–H and O–H groups in total. The molecule has 0 saturated heterocycles. The highest BCUT2D eigenvalue weighted by molar-refractivity contribution is 8.00. The first-order chi connectivity index (χ1) is 14.7. The first-order valence-electron chi connectivity index (χ1n) is 9.32. The number of ether oxygens (including phenoxy) is 3. The van der Waals surface area contributed by atoms with Crippen LogP contribution in [0.1, 0.15) is 10.8 Å². The normalized spacial score (nSPS) is 12.8. The molecule has 1 amide bonds. The Morgan fingerprint density at radius 3 is 2.40 bits per heavy atom. The molecule has 152 valence electrons. The summed E-state index contributed by atoms with van der Waals surface area (Å²) in [6.07, 6.45) is 0. The Bertz CT molecular complexity index is 1030. The summed E-state index contributed by atoms with van der Waals surface area (Å²) >= 11 is 1.38. The van der Waals surface area contributed by atoms with E-state index in [0.717, 1.165) is 10.5 Å². The van der Waals surface area contributed by atoms with Crippen LogP contribution >= 0.6 is 11.8 Å². The molecule has 0 aliphatic carbocycles. The Labute approximate surface area is 178 Å². The molecule has 4 rings (SSSR count). The number of amides is 1. The van der Waals surface area contributed by atoms with Gasteiger partial charge in [0.25, 0.3) is 5.91 Å². The molecule has 0 spiro atoms. The molecular formula is C23H19NO5S. The molecule has 0 unspecified atom stereocenters. The van der Waals surface area contributed by atoms with Crippen molar-refractivity contribution >= 4 is 29.3 Å². The van der Waals surface area contributed by atoms with Crippen molar-refractivity contribution in [3.63, 3.8) is 0 Å². The van der Waals surface area contributed by atoms with E-state index < -0.39 is 17.1 Å². The van der Waals surface area contributed by atoms with Crippen LogP contribution in [0.5, 0.6) is 11.5 Å². The molecule has 3 aromatic carbocycles. The Morgan fingerprint density at radius 1 is 0.933 bits per heavy atom. The second-order valence-corrected chi connectivity index (χ2v) is 7.62. The number of anilines is 1. The predicted molar refractivity (Wildman–Crippen MR) is 114 cm³/mol. The maximum atomic E-state index is 12.8. The molecule has 0 saturated carbocycles. The van der Waals surface area contributed by atoms with Gasteiger partial charge in [0.05, 0.1) is 0 Å². The minimum Gasteiger partial charge on any atom is -0.454 e. The van der Waals surface area contributed by atoms with Crippen LogP contribution in [0.3, 0.4) is 0 Å². The topological polar surface area (TPSA) is 73.9 Å². The third-order valence-electron chi connectivity index (χ3n) is 4.32. The lowest BCUT2D eigenvalue weighted by molar-refractivity contribution is -0.146. The number of fused-ring (bicyclic) bond motifs is 1. The van der Waals surface area contributed by atoms with E-state index in [1.165, 1.54) is 11.8 Å². The van der Waals surface area contributed by atoms with Crippen LogP contribution in [0.4, 0.5) is 5.69 Å². The number of carbonyl (C=O) groups excluding carboxylic acids is 2. The second-order valence-electron chi connectivity index (χ2n) is 6.45. The van der Waals surface area contributed by atoms with Crippen molar-refractivity contribution in [1.82, 2.24) is 0 Å². The fourth-order valence-electron chi connectivity index (χ4n) is 2.90. The van der Waals surface area contributed by atoms with Crippen LogP contribution in [0.15, 0.2) is 83.8 Å². The summed E-state index contributed by atoms with van der Waals surface area (Å²) in [5.74, 6) is 0.283. The van der Waals surface area contributed by atoms with Crippen molar-refractivity contribution in [2.24, 2.45) is 0 Å². The van der Waals surface area contributed by atoms with Gasteiger partial charge in [0.1, 0.15) is 5.25 Å². The molecule has 1 heterocycles. The monoisotopic (exact) mass is 421 g/mol. The lowest BCUT2D eigenvalue weighted by Crippen LogP contribution is -2.23. The Balaban J connectivity index is 1.39. The predicted octanol–water partition coefficient (Wildman–Crippen LogP) is 4.43. The SMILES string of the molecule is O=C(COC(=O)[C@@H](Sc1ccccc1)c1ccccc1)Nc1ccc2c(c1)OCO2. The first-order valence-corrected chi connectivity index (χ1v) is 10.2. The number of carbonyl (C=O) groups is 2. The third-order valence-corrected chi connectivity index (χ3v) is 5.56. The fraction of sp³-hybridized carbons (Fsp3) is 0.130. The molecule has 7 heteroatoms. The average molecular weight is 421 g/mol.